The predicted molar refractivity (Wildman–Crippen MR) is 117 cm³/mol. The van der Waals surface area contributed by atoms with Crippen molar-refractivity contribution >= 4 is 16.0 Å². The van der Waals surface area contributed by atoms with Gasteiger partial charge in [0.15, 0.2) is 12.4 Å². The molecule has 2 unspecified atom stereocenters. The molecule has 1 aliphatic heterocycles. The fourth-order valence-corrected chi connectivity index (χ4v) is 5.81. The van der Waals surface area contributed by atoms with E-state index in [2.05, 4.69) is 10.1 Å². The van der Waals surface area contributed by atoms with Crippen LogP contribution in [0.1, 0.15) is 56.2 Å². The summed E-state index contributed by atoms with van der Waals surface area (Å²) in [5.41, 5.74) is 0.101. The lowest BCUT2D eigenvalue weighted by molar-refractivity contribution is 0.0429. The number of rotatable bonds is 8. The van der Waals surface area contributed by atoms with Gasteiger partial charge in [0.05, 0.1) is 12.7 Å². The Hall–Kier alpha value is -2.46. The van der Waals surface area contributed by atoms with Gasteiger partial charge >= 0.3 is 5.97 Å². The molecule has 1 aromatic heterocycles. The molecule has 1 aromatic carbocycles. The maximum Gasteiger partial charge on any atom is 0.338 e. The second-order valence-electron chi connectivity index (χ2n) is 8.91. The Labute approximate surface area is 189 Å². The summed E-state index contributed by atoms with van der Waals surface area (Å²) < 4.78 is 43.8. The molecule has 0 aliphatic carbocycles. The standard InChI is InChI=1S/C22H31N3O6S/c1-14(2)8-20-23-21(31-24-20)13-30-22(26)17-6-7-18(29-5)19(10-17)32(27,28)25-11-15(3)9-16(4)12-25/h6-7,10,14-16H,8-9,11-13H2,1-5H3. The number of esters is 1. The van der Waals surface area contributed by atoms with Gasteiger partial charge in [-0.25, -0.2) is 13.2 Å². The molecule has 3 rings (SSSR count). The lowest BCUT2D eigenvalue weighted by Gasteiger charge is -2.34. The third-order valence-electron chi connectivity index (χ3n) is 5.28. The van der Waals surface area contributed by atoms with Gasteiger partial charge in [-0.15, -0.1) is 0 Å². The molecule has 0 amide bonds. The molecule has 176 valence electrons. The highest BCUT2D eigenvalue weighted by atomic mass is 32.2. The summed E-state index contributed by atoms with van der Waals surface area (Å²) in [6.45, 7) is 8.81. The summed E-state index contributed by atoms with van der Waals surface area (Å²) >= 11 is 0. The van der Waals surface area contributed by atoms with E-state index in [4.69, 9.17) is 14.0 Å². The molecular weight excluding hydrogens is 434 g/mol. The maximum absolute atomic E-state index is 13.4. The van der Waals surface area contributed by atoms with E-state index in [1.807, 2.05) is 27.7 Å². The van der Waals surface area contributed by atoms with Crippen LogP contribution < -0.4 is 4.74 Å². The Kier molecular flexibility index (Phi) is 7.55. The Bertz CT molecular complexity index is 1040. The van der Waals surface area contributed by atoms with Crippen LogP contribution in [0.15, 0.2) is 27.6 Å². The average Bonchev–Trinajstić information content (AvgIpc) is 3.17. The second kappa shape index (κ2) is 9.99. The Balaban J connectivity index is 1.78. The highest BCUT2D eigenvalue weighted by Crippen LogP contribution is 2.32. The van der Waals surface area contributed by atoms with E-state index in [9.17, 15) is 13.2 Å². The molecule has 10 heteroatoms. The third-order valence-corrected chi connectivity index (χ3v) is 7.13. The Morgan fingerprint density at radius 2 is 1.94 bits per heavy atom. The van der Waals surface area contributed by atoms with Crippen LogP contribution in [-0.4, -0.2) is 49.0 Å². The molecular formula is C22H31N3O6S. The maximum atomic E-state index is 13.4. The fourth-order valence-electron chi connectivity index (χ4n) is 3.95. The van der Waals surface area contributed by atoms with Crippen LogP contribution in [0, 0.1) is 17.8 Å². The number of nitrogens with zero attached hydrogens (tertiary/aromatic N) is 3. The molecule has 0 saturated carbocycles. The van der Waals surface area contributed by atoms with E-state index < -0.39 is 16.0 Å². The van der Waals surface area contributed by atoms with Crippen LogP contribution in [0.5, 0.6) is 5.75 Å². The van der Waals surface area contributed by atoms with E-state index in [0.717, 1.165) is 6.42 Å². The van der Waals surface area contributed by atoms with Crippen LogP contribution in [0.4, 0.5) is 0 Å². The van der Waals surface area contributed by atoms with Crippen LogP contribution >= 0.6 is 0 Å². The van der Waals surface area contributed by atoms with Gasteiger partial charge in [-0.05, 0) is 42.4 Å². The molecule has 2 aromatic rings. The van der Waals surface area contributed by atoms with Crippen molar-refractivity contribution < 1.29 is 27.2 Å². The first-order valence-corrected chi connectivity index (χ1v) is 12.2. The Morgan fingerprint density at radius 1 is 1.25 bits per heavy atom. The number of hydrogen-bond acceptors (Lipinski definition) is 8. The van der Waals surface area contributed by atoms with E-state index in [0.29, 0.717) is 31.3 Å². The van der Waals surface area contributed by atoms with Gasteiger partial charge in [-0.1, -0.05) is 32.9 Å². The van der Waals surface area contributed by atoms with E-state index in [-0.39, 0.29) is 40.5 Å². The Morgan fingerprint density at radius 3 is 2.56 bits per heavy atom. The summed E-state index contributed by atoms with van der Waals surface area (Å²) in [5, 5.41) is 3.86. The lowest BCUT2D eigenvalue weighted by Crippen LogP contribution is -2.42. The third kappa shape index (κ3) is 5.66. The molecule has 0 bridgehead atoms. The number of ether oxygens (including phenoxy) is 2. The molecule has 0 spiro atoms. The molecule has 9 nitrogen and oxygen atoms in total. The number of sulfonamides is 1. The average molecular weight is 466 g/mol. The van der Waals surface area contributed by atoms with Gasteiger partial charge in [0, 0.05) is 19.5 Å². The van der Waals surface area contributed by atoms with Gasteiger partial charge in [0.25, 0.3) is 5.89 Å². The molecule has 1 fully saturated rings. The molecule has 1 aliphatic rings. The fraction of sp³-hybridized carbons (Fsp3) is 0.591. The van der Waals surface area contributed by atoms with Gasteiger partial charge in [0.1, 0.15) is 10.6 Å². The first-order chi connectivity index (χ1) is 15.1. The zero-order chi connectivity index (χ0) is 23.5. The van der Waals surface area contributed by atoms with Crippen molar-refractivity contribution in [1.29, 1.82) is 0 Å². The summed E-state index contributed by atoms with van der Waals surface area (Å²) in [5.74, 6) is 1.11. The van der Waals surface area contributed by atoms with Gasteiger partial charge in [0.2, 0.25) is 10.0 Å². The van der Waals surface area contributed by atoms with Crippen LogP contribution in [0.3, 0.4) is 0 Å². The topological polar surface area (TPSA) is 112 Å². The first kappa shape index (κ1) is 24.2. The van der Waals surface area contributed by atoms with Gasteiger partial charge in [-0.3, -0.25) is 0 Å². The minimum Gasteiger partial charge on any atom is -0.495 e. The SMILES string of the molecule is COc1ccc(C(=O)OCc2nc(CC(C)C)no2)cc1S(=O)(=O)N1CC(C)CC(C)C1. The summed E-state index contributed by atoms with van der Waals surface area (Å²) in [7, 11) is -2.44. The van der Waals surface area contributed by atoms with E-state index in [1.165, 1.54) is 29.6 Å². The second-order valence-corrected chi connectivity index (χ2v) is 10.8. The molecule has 1 saturated heterocycles. The predicted octanol–water partition coefficient (Wildman–Crippen LogP) is 3.30. The quantitative estimate of drug-likeness (QED) is 0.546. The number of carbonyl (C=O) groups excluding carboxylic acids is 1. The minimum absolute atomic E-state index is 0.0484. The summed E-state index contributed by atoms with van der Waals surface area (Å²) in [4.78, 5) is 16.8. The van der Waals surface area contributed by atoms with Gasteiger partial charge in [-0.2, -0.15) is 9.29 Å². The highest BCUT2D eigenvalue weighted by molar-refractivity contribution is 7.89. The van der Waals surface area contributed by atoms with Crippen molar-refractivity contribution in [3.8, 4) is 5.75 Å². The minimum atomic E-state index is -3.84. The smallest absolute Gasteiger partial charge is 0.338 e. The summed E-state index contributed by atoms with van der Waals surface area (Å²) in [6, 6.07) is 4.24. The van der Waals surface area contributed by atoms with Crippen molar-refractivity contribution in [2.24, 2.45) is 17.8 Å². The normalized spacial score (nSPS) is 19.8. The zero-order valence-corrected chi connectivity index (χ0v) is 20.0. The van der Waals surface area contributed by atoms with E-state index >= 15 is 0 Å². The molecule has 32 heavy (non-hydrogen) atoms. The zero-order valence-electron chi connectivity index (χ0n) is 19.2. The number of piperidine rings is 1. The number of aromatic nitrogens is 2. The molecule has 0 radical (unpaired) electrons. The molecule has 0 N–H and O–H groups in total. The van der Waals surface area contributed by atoms with Gasteiger partial charge < -0.3 is 14.0 Å². The molecule has 2 heterocycles. The summed E-state index contributed by atoms with van der Waals surface area (Å²) in [6.07, 6.45) is 1.63. The van der Waals surface area contributed by atoms with Crippen molar-refractivity contribution in [3.63, 3.8) is 0 Å². The van der Waals surface area contributed by atoms with Crippen molar-refractivity contribution in [2.75, 3.05) is 20.2 Å². The van der Waals surface area contributed by atoms with Crippen LogP contribution in [0.25, 0.3) is 0 Å². The number of carbonyl (C=O) groups is 1. The molecule has 2 atom stereocenters. The number of hydrogen-bond donors (Lipinski definition) is 0. The van der Waals surface area contributed by atoms with Crippen molar-refractivity contribution in [1.82, 2.24) is 14.4 Å². The van der Waals surface area contributed by atoms with Crippen LogP contribution in [-0.2, 0) is 27.8 Å². The van der Waals surface area contributed by atoms with Crippen molar-refractivity contribution in [2.45, 2.75) is 52.0 Å². The van der Waals surface area contributed by atoms with E-state index in [1.54, 1.807) is 0 Å². The van der Waals surface area contributed by atoms with Crippen molar-refractivity contribution in [3.05, 3.63) is 35.5 Å². The number of methoxy groups -OCH3 is 1. The monoisotopic (exact) mass is 465 g/mol. The largest absolute Gasteiger partial charge is 0.495 e. The highest BCUT2D eigenvalue weighted by Gasteiger charge is 2.34. The first-order valence-electron chi connectivity index (χ1n) is 10.8. The number of benzene rings is 1. The van der Waals surface area contributed by atoms with Crippen LogP contribution in [0.2, 0.25) is 0 Å². The lowest BCUT2D eigenvalue weighted by atomic mass is 9.94.